The van der Waals surface area contributed by atoms with E-state index >= 15 is 0 Å². The van der Waals surface area contributed by atoms with Gasteiger partial charge in [-0.1, -0.05) is 0 Å². The third kappa shape index (κ3) is 1.87. The molecule has 1 aromatic carbocycles. The molecular weight excluding hydrogens is 184 g/mol. The Kier molecular flexibility index (Phi) is 2.81. The molecule has 0 radical (unpaired) electrons. The van der Waals surface area contributed by atoms with Gasteiger partial charge in [0.15, 0.2) is 0 Å². The highest BCUT2D eigenvalue weighted by molar-refractivity contribution is 5.90. The zero-order chi connectivity index (χ0) is 10.7. The summed E-state index contributed by atoms with van der Waals surface area (Å²) in [5.41, 5.74) is 6.43. The van der Waals surface area contributed by atoms with E-state index in [4.69, 9.17) is 15.6 Å². The first-order chi connectivity index (χ1) is 6.56. The molecular formula is C9H12N2O3. The van der Waals surface area contributed by atoms with Crippen molar-refractivity contribution in [3.8, 4) is 5.75 Å². The van der Waals surface area contributed by atoms with Gasteiger partial charge in [0.25, 0.3) is 0 Å². The number of carbonyl (C=O) groups is 1. The van der Waals surface area contributed by atoms with Crippen molar-refractivity contribution >= 4 is 17.5 Å². The summed E-state index contributed by atoms with van der Waals surface area (Å²) < 4.78 is 4.96. The van der Waals surface area contributed by atoms with Gasteiger partial charge in [-0.15, -0.1) is 0 Å². The third-order valence-electron chi connectivity index (χ3n) is 1.89. The first kappa shape index (κ1) is 10.2. The summed E-state index contributed by atoms with van der Waals surface area (Å²) in [5.74, 6) is 0.572. The predicted molar refractivity (Wildman–Crippen MR) is 53.8 cm³/mol. The van der Waals surface area contributed by atoms with Gasteiger partial charge in [0.05, 0.1) is 18.5 Å². The van der Waals surface area contributed by atoms with E-state index in [2.05, 4.69) is 0 Å². The summed E-state index contributed by atoms with van der Waals surface area (Å²) in [5, 5.41) is 8.75. The molecule has 0 spiro atoms. The van der Waals surface area contributed by atoms with Gasteiger partial charge in [0, 0.05) is 13.1 Å². The Hall–Kier alpha value is -1.91. The van der Waals surface area contributed by atoms with Crippen molar-refractivity contribution in [3.05, 3.63) is 18.2 Å². The van der Waals surface area contributed by atoms with Gasteiger partial charge in [-0.3, -0.25) is 4.90 Å². The average Bonchev–Trinajstić information content (AvgIpc) is 2.17. The Morgan fingerprint density at radius 3 is 2.71 bits per heavy atom. The molecule has 1 rings (SSSR count). The zero-order valence-corrected chi connectivity index (χ0v) is 8.02. The normalized spacial score (nSPS) is 9.57. The van der Waals surface area contributed by atoms with Crippen molar-refractivity contribution in [2.24, 2.45) is 0 Å². The summed E-state index contributed by atoms with van der Waals surface area (Å²) in [7, 11) is 2.93. The summed E-state index contributed by atoms with van der Waals surface area (Å²) in [6.45, 7) is 0. The quantitative estimate of drug-likeness (QED) is 0.701. The number of anilines is 2. The van der Waals surface area contributed by atoms with E-state index in [9.17, 15) is 4.79 Å². The highest BCUT2D eigenvalue weighted by atomic mass is 16.5. The molecule has 1 aromatic rings. The van der Waals surface area contributed by atoms with Gasteiger partial charge in [0.2, 0.25) is 0 Å². The smallest absolute Gasteiger partial charge is 0.411 e. The van der Waals surface area contributed by atoms with Crippen molar-refractivity contribution in [1.82, 2.24) is 0 Å². The minimum absolute atomic E-state index is 0.399. The minimum atomic E-state index is -1.06. The number of rotatable bonds is 2. The summed E-state index contributed by atoms with van der Waals surface area (Å²) in [6.07, 6.45) is -1.06. The number of methoxy groups -OCH3 is 1. The molecule has 1 amide bonds. The second-order valence-electron chi connectivity index (χ2n) is 2.77. The SMILES string of the molecule is COc1ccc(N)c(N(C)C(=O)O)c1. The van der Waals surface area contributed by atoms with E-state index in [0.717, 1.165) is 4.90 Å². The van der Waals surface area contributed by atoms with Crippen LogP contribution in [-0.2, 0) is 0 Å². The first-order valence-electron chi connectivity index (χ1n) is 3.96. The summed E-state index contributed by atoms with van der Waals surface area (Å²) >= 11 is 0. The highest BCUT2D eigenvalue weighted by Gasteiger charge is 2.12. The van der Waals surface area contributed by atoms with Crippen LogP contribution in [0.25, 0.3) is 0 Å². The van der Waals surface area contributed by atoms with Gasteiger partial charge >= 0.3 is 6.09 Å². The standard InChI is InChI=1S/C9H12N2O3/c1-11(9(12)13)8-5-6(14-2)3-4-7(8)10/h3-5H,10H2,1-2H3,(H,12,13). The van der Waals surface area contributed by atoms with Crippen molar-refractivity contribution < 1.29 is 14.6 Å². The van der Waals surface area contributed by atoms with Crippen LogP contribution in [0.4, 0.5) is 16.2 Å². The fourth-order valence-corrected chi connectivity index (χ4v) is 1.04. The van der Waals surface area contributed by atoms with Crippen LogP contribution in [0.2, 0.25) is 0 Å². The highest BCUT2D eigenvalue weighted by Crippen LogP contribution is 2.27. The number of carboxylic acid groups (broad SMARTS) is 1. The minimum Gasteiger partial charge on any atom is -0.497 e. The molecule has 0 heterocycles. The lowest BCUT2D eigenvalue weighted by atomic mass is 10.2. The van der Waals surface area contributed by atoms with E-state index in [0.29, 0.717) is 17.1 Å². The van der Waals surface area contributed by atoms with E-state index in [1.807, 2.05) is 0 Å². The lowest BCUT2D eigenvalue weighted by Gasteiger charge is -2.16. The van der Waals surface area contributed by atoms with Crippen molar-refractivity contribution in [2.75, 3.05) is 24.8 Å². The molecule has 0 fully saturated rings. The second kappa shape index (κ2) is 3.87. The lowest BCUT2D eigenvalue weighted by Crippen LogP contribution is -2.24. The van der Waals surface area contributed by atoms with E-state index in [1.165, 1.54) is 14.2 Å². The number of hydrogen-bond acceptors (Lipinski definition) is 3. The van der Waals surface area contributed by atoms with Gasteiger partial charge in [0.1, 0.15) is 5.75 Å². The molecule has 0 atom stereocenters. The van der Waals surface area contributed by atoms with Crippen LogP contribution in [-0.4, -0.2) is 25.4 Å². The molecule has 0 unspecified atom stereocenters. The predicted octanol–water partition coefficient (Wildman–Crippen LogP) is 1.39. The molecule has 3 N–H and O–H groups in total. The molecule has 0 aliphatic heterocycles. The Balaban J connectivity index is 3.11. The molecule has 14 heavy (non-hydrogen) atoms. The van der Waals surface area contributed by atoms with E-state index < -0.39 is 6.09 Å². The van der Waals surface area contributed by atoms with E-state index in [1.54, 1.807) is 18.2 Å². The fourth-order valence-electron chi connectivity index (χ4n) is 1.04. The molecule has 0 aliphatic rings. The Labute approximate surface area is 81.7 Å². The lowest BCUT2D eigenvalue weighted by molar-refractivity contribution is 0.203. The van der Waals surface area contributed by atoms with Crippen LogP contribution in [0.1, 0.15) is 0 Å². The Morgan fingerprint density at radius 1 is 1.57 bits per heavy atom. The van der Waals surface area contributed by atoms with Crippen molar-refractivity contribution in [3.63, 3.8) is 0 Å². The maximum absolute atomic E-state index is 10.7. The van der Waals surface area contributed by atoms with Crippen LogP contribution in [0.15, 0.2) is 18.2 Å². The molecule has 76 valence electrons. The maximum Gasteiger partial charge on any atom is 0.411 e. The number of hydrogen-bond donors (Lipinski definition) is 2. The average molecular weight is 196 g/mol. The van der Waals surface area contributed by atoms with E-state index in [-0.39, 0.29) is 0 Å². The molecule has 5 nitrogen and oxygen atoms in total. The van der Waals surface area contributed by atoms with Crippen LogP contribution in [0, 0.1) is 0 Å². The number of benzene rings is 1. The first-order valence-corrected chi connectivity index (χ1v) is 3.96. The van der Waals surface area contributed by atoms with Gasteiger partial charge < -0.3 is 15.6 Å². The molecule has 0 aliphatic carbocycles. The van der Waals surface area contributed by atoms with Crippen LogP contribution >= 0.6 is 0 Å². The van der Waals surface area contributed by atoms with Crippen molar-refractivity contribution in [2.45, 2.75) is 0 Å². The number of nitrogens with zero attached hydrogens (tertiary/aromatic N) is 1. The molecule has 0 aromatic heterocycles. The van der Waals surface area contributed by atoms with Gasteiger partial charge in [-0.2, -0.15) is 0 Å². The fraction of sp³-hybridized carbons (Fsp3) is 0.222. The van der Waals surface area contributed by atoms with Crippen LogP contribution in [0.3, 0.4) is 0 Å². The number of nitrogens with two attached hydrogens (primary N) is 1. The topological polar surface area (TPSA) is 75.8 Å². The van der Waals surface area contributed by atoms with Crippen LogP contribution < -0.4 is 15.4 Å². The number of amides is 1. The molecule has 0 bridgehead atoms. The Bertz CT molecular complexity index is 352. The maximum atomic E-state index is 10.7. The number of nitrogen functional groups attached to an aromatic ring is 1. The monoisotopic (exact) mass is 196 g/mol. The molecule has 5 heteroatoms. The van der Waals surface area contributed by atoms with Gasteiger partial charge in [-0.05, 0) is 12.1 Å². The molecule has 0 saturated heterocycles. The molecule has 0 saturated carbocycles. The summed E-state index contributed by atoms with van der Waals surface area (Å²) in [6, 6.07) is 4.85. The summed E-state index contributed by atoms with van der Waals surface area (Å²) in [4.78, 5) is 11.7. The van der Waals surface area contributed by atoms with Gasteiger partial charge in [-0.25, -0.2) is 4.79 Å². The largest absolute Gasteiger partial charge is 0.497 e. The third-order valence-corrected chi connectivity index (χ3v) is 1.89. The number of ether oxygens (including phenoxy) is 1. The second-order valence-corrected chi connectivity index (χ2v) is 2.77. The Morgan fingerprint density at radius 2 is 2.21 bits per heavy atom. The zero-order valence-electron chi connectivity index (χ0n) is 8.02. The van der Waals surface area contributed by atoms with Crippen LogP contribution in [0.5, 0.6) is 5.75 Å². The van der Waals surface area contributed by atoms with Crippen molar-refractivity contribution in [1.29, 1.82) is 0 Å².